The Bertz CT molecular complexity index is 3820. The molecule has 10 rings (SSSR count). The average Bonchev–Trinajstić information content (AvgIpc) is 0.745. The van der Waals surface area contributed by atoms with Crippen molar-refractivity contribution in [2.24, 2.45) is 0 Å². The lowest BCUT2D eigenvalue weighted by atomic mass is 9.88. The monoisotopic (exact) mass is 1970 g/mol. The Morgan fingerprint density at radius 1 is 0.304 bits per heavy atom. The van der Waals surface area contributed by atoms with Crippen molar-refractivity contribution >= 4 is 41.4 Å². The summed E-state index contributed by atoms with van der Waals surface area (Å²) in [6.45, 7) is -6.56. The molecule has 34 N–H and O–H groups in total. The SMILES string of the molecule is CC(=O)N[C@@H]1[C@@H](O)[C@H](O[C@@H]2O[C@H](CO)[C@@H](O[C@@H]3O[C@H](CO[C@H]4O[C@H](CO)[C@@H](O)[C@H](O)[C@@H]4O[C@@H]4O[C@H](CO)[C@@H](O)[C@H](O)[C@H]4NC(C)=O)[C@@H](O)[C@H](O[C@H]4O[C@H](CO)[C@@H](O[C@@H]5O[C@H](CO)[C@@H](O[C@@H]6O[C@H](CO)[C@H](O)[C@H](O[C@]7(C(=O)O)C[C@H](O)[C@@H](NC(C)=O)[C@H]([C@H](O)[C@H](O)CO)O7)[C@H]6O)[C@H](O)[C@H]5NC(C)=O)[C@H](O)[C@@H]4O[C@@H]4O[C@H](CO)[C@@H](O)[C@H](O)[C@H]4NC(C)=O)[C@@H]3O)[C@H](O)[C@H]2NC(C)=O)[C@@H](CO)O[C@H]1O. The number of carboxylic acids is 1. The van der Waals surface area contributed by atoms with E-state index < -0.39 is 426 Å². The molecule has 10 aliphatic heterocycles. The van der Waals surface area contributed by atoms with Crippen LogP contribution < -0.4 is 31.9 Å². The summed E-state index contributed by atoms with van der Waals surface area (Å²) in [6.07, 6.45) is -99.4. The molecule has 10 fully saturated rings. The van der Waals surface area contributed by atoms with E-state index in [9.17, 15) is 177 Å². The van der Waals surface area contributed by atoms with Crippen LogP contribution in [0.2, 0.25) is 0 Å². The van der Waals surface area contributed by atoms with Crippen LogP contribution in [0.4, 0.5) is 0 Å². The number of ether oxygens (including phenoxy) is 19. The van der Waals surface area contributed by atoms with Crippen LogP contribution in [0, 0.1) is 0 Å². The number of rotatable bonds is 37. The van der Waals surface area contributed by atoms with Gasteiger partial charge in [0, 0.05) is 48.0 Å². The van der Waals surface area contributed by atoms with Gasteiger partial charge in [0.1, 0.15) is 238 Å². The van der Waals surface area contributed by atoms with Gasteiger partial charge in [-0.25, -0.2) is 4.79 Å². The van der Waals surface area contributed by atoms with Crippen LogP contribution in [0.3, 0.4) is 0 Å². The van der Waals surface area contributed by atoms with Crippen LogP contribution in [0.15, 0.2) is 0 Å². The number of carbonyl (C=O) groups is 7. The molecule has 51 atom stereocenters. The number of hydrogen-bond acceptors (Lipinski definition) is 53. The second-order valence-corrected chi connectivity index (χ2v) is 33.9. The lowest BCUT2D eigenvalue weighted by Crippen LogP contribution is -2.72. The molecule has 10 aliphatic rings. The highest BCUT2D eigenvalue weighted by Crippen LogP contribution is 2.43. The summed E-state index contributed by atoms with van der Waals surface area (Å²) in [7, 11) is 0. The van der Waals surface area contributed by atoms with E-state index in [1.165, 1.54) is 0 Å². The second kappa shape index (κ2) is 48.5. The number of carbonyl (C=O) groups excluding carboxylic acids is 6. The maximum atomic E-state index is 13.4. The Hall–Kier alpha value is -5.55. The zero-order valence-corrected chi connectivity index (χ0v) is 72.8. The van der Waals surface area contributed by atoms with Gasteiger partial charge < -0.3 is 265 Å². The number of carboxylic acid groups (broad SMARTS) is 1. The fourth-order valence-electron chi connectivity index (χ4n) is 17.5. The fraction of sp³-hybridized carbons (Fsp3) is 0.907. The van der Waals surface area contributed by atoms with Gasteiger partial charge in [-0.3, -0.25) is 28.8 Å². The molecule has 135 heavy (non-hydrogen) atoms. The third-order valence-corrected chi connectivity index (χ3v) is 24.3. The summed E-state index contributed by atoms with van der Waals surface area (Å²) in [5, 5.41) is 331. The number of aliphatic hydroxyl groups excluding tert-OH is 27. The molecule has 60 heteroatoms. The molecule has 0 aromatic carbocycles. The molecule has 0 unspecified atom stereocenters. The van der Waals surface area contributed by atoms with Crippen molar-refractivity contribution in [3.63, 3.8) is 0 Å². The normalized spacial score (nSPS) is 46.4. The first kappa shape index (κ1) is 111. The van der Waals surface area contributed by atoms with Crippen molar-refractivity contribution in [3.05, 3.63) is 0 Å². The summed E-state index contributed by atoms with van der Waals surface area (Å²) in [6, 6.07) is -11.4. The molecule has 0 aliphatic carbocycles. The molecule has 6 amide bonds. The molecule has 0 spiro atoms. The highest BCUT2D eigenvalue weighted by atomic mass is 16.8. The Kier molecular flexibility index (Phi) is 40.0. The van der Waals surface area contributed by atoms with E-state index >= 15 is 0 Å². The van der Waals surface area contributed by atoms with Crippen LogP contribution in [0.1, 0.15) is 48.0 Å². The molecular weight excluding hydrogens is 1850 g/mol. The van der Waals surface area contributed by atoms with Gasteiger partial charge in [0.2, 0.25) is 35.4 Å². The molecule has 778 valence electrons. The van der Waals surface area contributed by atoms with Gasteiger partial charge in [-0.15, -0.1) is 0 Å². The average molecular weight is 1970 g/mol. The number of nitrogens with one attached hydrogen (secondary N) is 6. The third kappa shape index (κ3) is 25.0. The molecule has 0 bridgehead atoms. The van der Waals surface area contributed by atoms with Crippen LogP contribution >= 0.6 is 0 Å². The first-order valence-electron chi connectivity index (χ1n) is 42.8. The van der Waals surface area contributed by atoms with Crippen LogP contribution in [-0.4, -0.2) is 563 Å². The van der Waals surface area contributed by atoms with Crippen LogP contribution in [-0.2, 0) is 124 Å². The topological polar surface area (TPSA) is 933 Å². The quantitative estimate of drug-likeness (QED) is 0.0275. The Labute approximate surface area is 764 Å². The standard InChI is InChI=1S/C75H124N6O54/c1-18(91)76-35-24(97)7-75(74(115)116,134-60(35)41(99)25(98)8-82)135-62-45(103)29(12-86)121-71(55(62)113)130-58-32(15-89)124-69(40(51(58)109)81-23(6)96)128-59-33(16-90)125-73(64(53(59)111)133-67-38(79-21(4)94)48(106)43(101)27(10-84)120-67)131-61-46(104)34(17-117-72-63(52(110)44(102)28(11-85)122-72)132-66-37(78-20(3)93)47(105)42(100)26(9-83)119-66)126-70(54(61)112)129-57-31(14-88)123-68(39(50(57)108)80-22(5)95)127-56-30(13-87)118-65(114)36(49(56)107)77-19(2)92/h24-73,82-90,97-114H,7-17H2,1-6H3,(H,76,91)(H,77,92)(H,78,93)(H,79,94)(H,80,95)(H,81,96)(H,115,116)/t24-,25+,26+,27+,28+,29+,30+,31+,32+,33+,34+,35+,36+,37+,38+,39+,40+,41+,42+,43+,44+,45-,46+,47+,48+,49+,50+,51+,52-,53-,54-,55+,56+,57+,58+,59+,60+,61-,62-,63-,64-,65+,66-,67-,68-,69-,70-,71-,72-,73+,75-/m0/s1. The van der Waals surface area contributed by atoms with Gasteiger partial charge in [-0.2, -0.15) is 0 Å². The highest BCUT2D eigenvalue weighted by Gasteiger charge is 2.65. The minimum atomic E-state index is -3.34. The third-order valence-electron chi connectivity index (χ3n) is 24.3. The molecule has 0 saturated carbocycles. The van der Waals surface area contributed by atoms with Crippen molar-refractivity contribution < 1.29 is 267 Å². The van der Waals surface area contributed by atoms with Gasteiger partial charge in [0.05, 0.1) is 78.2 Å². The maximum Gasteiger partial charge on any atom is 0.364 e. The zero-order chi connectivity index (χ0) is 99.9. The minimum Gasteiger partial charge on any atom is -0.477 e. The molecular formula is C75H124N6O54. The Morgan fingerprint density at radius 2 is 0.600 bits per heavy atom. The molecule has 10 heterocycles. The highest BCUT2D eigenvalue weighted by molar-refractivity contribution is 5.77. The summed E-state index contributed by atoms with van der Waals surface area (Å²) >= 11 is 0. The van der Waals surface area contributed by atoms with E-state index in [0.29, 0.717) is 0 Å². The second-order valence-electron chi connectivity index (χ2n) is 33.9. The van der Waals surface area contributed by atoms with Crippen molar-refractivity contribution in [3.8, 4) is 0 Å². The predicted octanol–water partition coefficient (Wildman–Crippen LogP) is -22.7. The van der Waals surface area contributed by atoms with Crippen LogP contribution in [0.5, 0.6) is 0 Å². The summed E-state index contributed by atoms with van der Waals surface area (Å²) in [5.74, 6) is -11.2. The molecule has 10 saturated heterocycles. The minimum absolute atomic E-state index is 0.820. The van der Waals surface area contributed by atoms with E-state index in [2.05, 4.69) is 31.9 Å². The largest absolute Gasteiger partial charge is 0.477 e. The molecule has 60 nitrogen and oxygen atoms in total. The lowest BCUT2D eigenvalue weighted by Gasteiger charge is -2.52. The van der Waals surface area contributed by atoms with E-state index in [0.717, 1.165) is 41.5 Å². The molecule has 0 aromatic heterocycles. The fourth-order valence-corrected chi connectivity index (χ4v) is 17.5. The van der Waals surface area contributed by atoms with E-state index in [1.807, 2.05) is 0 Å². The maximum absolute atomic E-state index is 13.4. The first-order chi connectivity index (χ1) is 63.7. The van der Waals surface area contributed by atoms with E-state index in [1.54, 1.807) is 0 Å². The van der Waals surface area contributed by atoms with Gasteiger partial charge in [-0.05, 0) is 0 Å². The summed E-state index contributed by atoms with van der Waals surface area (Å²) in [5.41, 5.74) is 0. The van der Waals surface area contributed by atoms with Crippen molar-refractivity contribution in [1.82, 2.24) is 31.9 Å². The number of aliphatic carboxylic acids is 1. The lowest BCUT2D eigenvalue weighted by molar-refractivity contribution is -0.405. The van der Waals surface area contributed by atoms with Gasteiger partial charge in [-0.1, -0.05) is 0 Å². The molecule has 0 radical (unpaired) electrons. The Morgan fingerprint density at radius 3 is 1.01 bits per heavy atom. The van der Waals surface area contributed by atoms with E-state index in [4.69, 9.17) is 90.0 Å². The number of amides is 6. The van der Waals surface area contributed by atoms with Gasteiger partial charge in [0.25, 0.3) is 5.79 Å². The van der Waals surface area contributed by atoms with Gasteiger partial charge >= 0.3 is 5.97 Å². The Balaban J connectivity index is 1.01. The smallest absolute Gasteiger partial charge is 0.364 e. The van der Waals surface area contributed by atoms with E-state index in [-0.39, 0.29) is 0 Å². The van der Waals surface area contributed by atoms with Crippen LogP contribution in [0.25, 0.3) is 0 Å². The van der Waals surface area contributed by atoms with Gasteiger partial charge in [0.15, 0.2) is 56.6 Å². The van der Waals surface area contributed by atoms with Crippen molar-refractivity contribution in [2.45, 2.75) is 360 Å². The number of hydrogen-bond donors (Lipinski definition) is 34. The molecule has 0 aromatic rings. The number of aliphatic hydroxyl groups is 27. The van der Waals surface area contributed by atoms with Crippen molar-refractivity contribution in [2.75, 3.05) is 66.1 Å². The summed E-state index contributed by atoms with van der Waals surface area (Å²) in [4.78, 5) is 90.0. The van der Waals surface area contributed by atoms with Crippen molar-refractivity contribution in [1.29, 1.82) is 0 Å². The summed E-state index contributed by atoms with van der Waals surface area (Å²) < 4.78 is 114. The predicted molar refractivity (Wildman–Crippen MR) is 416 cm³/mol. The first-order valence-corrected chi connectivity index (χ1v) is 42.8. The zero-order valence-electron chi connectivity index (χ0n) is 72.8.